The van der Waals surface area contributed by atoms with Gasteiger partial charge < -0.3 is 14.8 Å². The van der Waals surface area contributed by atoms with E-state index < -0.39 is 23.9 Å². The van der Waals surface area contributed by atoms with Crippen LogP contribution >= 0.6 is 0 Å². The fourth-order valence-corrected chi connectivity index (χ4v) is 3.03. The SMILES string of the molecule is COc1ccc2cc([C@H](C)C(=O)O[C@@H](C)C(=O)Nc3ccccc3C#N)ccc2c1. The van der Waals surface area contributed by atoms with Crippen LogP contribution in [-0.2, 0) is 14.3 Å². The summed E-state index contributed by atoms with van der Waals surface area (Å²) < 4.78 is 10.6. The van der Waals surface area contributed by atoms with Gasteiger partial charge in [-0.2, -0.15) is 5.26 Å². The van der Waals surface area contributed by atoms with Gasteiger partial charge in [-0.15, -0.1) is 0 Å². The lowest BCUT2D eigenvalue weighted by molar-refractivity contribution is -0.154. The number of amides is 1. The van der Waals surface area contributed by atoms with Gasteiger partial charge in [0.25, 0.3) is 5.91 Å². The Balaban J connectivity index is 1.68. The first-order valence-electron chi connectivity index (χ1n) is 9.51. The minimum Gasteiger partial charge on any atom is -0.497 e. The number of hydrogen-bond acceptors (Lipinski definition) is 5. The van der Waals surface area contributed by atoms with Crippen LogP contribution in [0.2, 0.25) is 0 Å². The zero-order valence-corrected chi connectivity index (χ0v) is 17.0. The summed E-state index contributed by atoms with van der Waals surface area (Å²) in [5.41, 5.74) is 1.51. The van der Waals surface area contributed by atoms with Crippen LogP contribution in [0, 0.1) is 11.3 Å². The zero-order valence-electron chi connectivity index (χ0n) is 17.0. The summed E-state index contributed by atoms with van der Waals surface area (Å²) in [5, 5.41) is 13.7. The number of fused-ring (bicyclic) bond motifs is 1. The zero-order chi connectivity index (χ0) is 21.7. The number of carbonyl (C=O) groups is 2. The molecule has 0 bridgehead atoms. The number of nitrogens with zero attached hydrogens (tertiary/aromatic N) is 1. The van der Waals surface area contributed by atoms with Crippen molar-refractivity contribution in [2.75, 3.05) is 12.4 Å². The van der Waals surface area contributed by atoms with E-state index in [2.05, 4.69) is 5.32 Å². The van der Waals surface area contributed by atoms with Crippen molar-refractivity contribution in [1.82, 2.24) is 0 Å². The maximum Gasteiger partial charge on any atom is 0.313 e. The summed E-state index contributed by atoms with van der Waals surface area (Å²) in [6.07, 6.45) is -1.00. The summed E-state index contributed by atoms with van der Waals surface area (Å²) in [6, 6.07) is 20.1. The number of hydrogen-bond donors (Lipinski definition) is 1. The van der Waals surface area contributed by atoms with Gasteiger partial charge in [0.15, 0.2) is 6.10 Å². The fraction of sp³-hybridized carbons (Fsp3) is 0.208. The van der Waals surface area contributed by atoms with Crippen molar-refractivity contribution >= 4 is 28.3 Å². The molecule has 0 aromatic heterocycles. The molecule has 1 amide bonds. The Kier molecular flexibility index (Phi) is 6.33. The molecule has 0 saturated heterocycles. The number of nitrogens with one attached hydrogen (secondary N) is 1. The molecule has 6 nitrogen and oxygen atoms in total. The van der Waals surface area contributed by atoms with Gasteiger partial charge >= 0.3 is 5.97 Å². The first kappa shape index (κ1) is 20.9. The number of rotatable bonds is 6. The van der Waals surface area contributed by atoms with E-state index in [-0.39, 0.29) is 0 Å². The van der Waals surface area contributed by atoms with Crippen LogP contribution in [0.1, 0.15) is 30.9 Å². The molecule has 0 unspecified atom stereocenters. The molecule has 3 rings (SSSR count). The number of esters is 1. The highest BCUT2D eigenvalue weighted by Gasteiger charge is 2.24. The lowest BCUT2D eigenvalue weighted by Crippen LogP contribution is -2.31. The molecule has 0 spiro atoms. The standard InChI is InChI=1S/C24H22N2O4/c1-15(17-8-9-19-13-21(29-3)11-10-18(19)12-17)24(28)30-16(2)23(27)26-22-7-5-4-6-20(22)14-25/h4-13,15-16H,1-3H3,(H,26,27)/t15-,16-/m0/s1. The van der Waals surface area contributed by atoms with Crippen LogP contribution in [0.3, 0.4) is 0 Å². The van der Waals surface area contributed by atoms with Gasteiger partial charge in [-0.05, 0) is 54.4 Å². The maximum absolute atomic E-state index is 12.6. The molecular formula is C24H22N2O4. The number of para-hydroxylation sites is 1. The third-order valence-electron chi connectivity index (χ3n) is 4.89. The molecule has 0 aliphatic carbocycles. The lowest BCUT2D eigenvalue weighted by atomic mass is 9.98. The summed E-state index contributed by atoms with van der Waals surface area (Å²) in [5.74, 6) is -0.776. The van der Waals surface area contributed by atoms with E-state index in [9.17, 15) is 9.59 Å². The van der Waals surface area contributed by atoms with Crippen LogP contribution in [0.4, 0.5) is 5.69 Å². The molecule has 0 fully saturated rings. The molecule has 3 aromatic rings. The van der Waals surface area contributed by atoms with Gasteiger partial charge in [0.05, 0.1) is 24.3 Å². The number of methoxy groups -OCH3 is 1. The normalized spacial score (nSPS) is 12.5. The Labute approximate surface area is 175 Å². The van der Waals surface area contributed by atoms with Gasteiger partial charge in [-0.1, -0.05) is 36.4 Å². The van der Waals surface area contributed by atoms with E-state index in [1.807, 2.05) is 42.5 Å². The predicted molar refractivity (Wildman–Crippen MR) is 114 cm³/mol. The van der Waals surface area contributed by atoms with Crippen LogP contribution < -0.4 is 10.1 Å². The Bertz CT molecular complexity index is 1130. The van der Waals surface area contributed by atoms with E-state index in [1.165, 1.54) is 6.92 Å². The minimum absolute atomic E-state index is 0.338. The Morgan fingerprint density at radius 1 is 1.00 bits per heavy atom. The monoisotopic (exact) mass is 402 g/mol. The van der Waals surface area contributed by atoms with Crippen LogP contribution in [0.5, 0.6) is 5.75 Å². The number of nitriles is 1. The van der Waals surface area contributed by atoms with Crippen LogP contribution in [-0.4, -0.2) is 25.1 Å². The fourth-order valence-electron chi connectivity index (χ4n) is 3.03. The molecular weight excluding hydrogens is 380 g/mol. The van der Waals surface area contributed by atoms with E-state index in [4.69, 9.17) is 14.7 Å². The first-order valence-corrected chi connectivity index (χ1v) is 9.51. The molecule has 6 heteroatoms. The summed E-state index contributed by atoms with van der Waals surface area (Å²) in [4.78, 5) is 25.0. The largest absolute Gasteiger partial charge is 0.497 e. The smallest absolute Gasteiger partial charge is 0.313 e. The first-order chi connectivity index (χ1) is 14.4. The van der Waals surface area contributed by atoms with E-state index in [0.29, 0.717) is 11.3 Å². The number of benzene rings is 3. The third kappa shape index (κ3) is 4.58. The van der Waals surface area contributed by atoms with Gasteiger partial charge in [0.1, 0.15) is 11.8 Å². The summed E-state index contributed by atoms with van der Waals surface area (Å²) >= 11 is 0. The van der Waals surface area contributed by atoms with Gasteiger partial charge in [0, 0.05) is 0 Å². The Morgan fingerprint density at radius 2 is 1.70 bits per heavy atom. The van der Waals surface area contributed by atoms with Crippen LogP contribution in [0.25, 0.3) is 10.8 Å². The van der Waals surface area contributed by atoms with Crippen molar-refractivity contribution in [3.63, 3.8) is 0 Å². The highest BCUT2D eigenvalue weighted by molar-refractivity contribution is 5.96. The lowest BCUT2D eigenvalue weighted by Gasteiger charge is -2.17. The molecule has 1 N–H and O–H groups in total. The molecule has 30 heavy (non-hydrogen) atoms. The van der Waals surface area contributed by atoms with Crippen LogP contribution in [0.15, 0.2) is 60.7 Å². The highest BCUT2D eigenvalue weighted by Crippen LogP contribution is 2.26. The molecule has 2 atom stereocenters. The van der Waals surface area contributed by atoms with Gasteiger partial charge in [0.2, 0.25) is 0 Å². The number of carbonyl (C=O) groups excluding carboxylic acids is 2. The van der Waals surface area contributed by atoms with Crippen molar-refractivity contribution in [1.29, 1.82) is 5.26 Å². The second-order valence-electron chi connectivity index (χ2n) is 6.92. The molecule has 0 aliphatic rings. The average molecular weight is 402 g/mol. The van der Waals surface area contributed by atoms with Gasteiger partial charge in [-0.25, -0.2) is 0 Å². The quantitative estimate of drug-likeness (QED) is 0.618. The molecule has 0 saturated carbocycles. The van der Waals surface area contributed by atoms with Crippen molar-refractivity contribution in [3.8, 4) is 11.8 Å². The summed E-state index contributed by atoms with van der Waals surface area (Å²) in [7, 11) is 1.61. The van der Waals surface area contributed by atoms with Gasteiger partial charge in [-0.3, -0.25) is 9.59 Å². The second kappa shape index (κ2) is 9.10. The average Bonchev–Trinajstić information content (AvgIpc) is 2.77. The topological polar surface area (TPSA) is 88.4 Å². The van der Waals surface area contributed by atoms with Crippen molar-refractivity contribution in [2.45, 2.75) is 25.9 Å². The molecule has 0 radical (unpaired) electrons. The Hall–Kier alpha value is -3.85. The van der Waals surface area contributed by atoms with E-state index >= 15 is 0 Å². The highest BCUT2D eigenvalue weighted by atomic mass is 16.5. The van der Waals surface area contributed by atoms with Crippen molar-refractivity contribution in [2.24, 2.45) is 0 Å². The molecule has 0 heterocycles. The Morgan fingerprint density at radius 3 is 2.43 bits per heavy atom. The van der Waals surface area contributed by atoms with E-state index in [0.717, 1.165) is 22.1 Å². The number of anilines is 1. The molecule has 3 aromatic carbocycles. The van der Waals surface area contributed by atoms with Crippen molar-refractivity contribution in [3.05, 3.63) is 71.8 Å². The summed E-state index contributed by atoms with van der Waals surface area (Å²) in [6.45, 7) is 3.24. The molecule has 0 aliphatic heterocycles. The van der Waals surface area contributed by atoms with E-state index in [1.54, 1.807) is 38.3 Å². The molecule has 152 valence electrons. The predicted octanol–water partition coefficient (Wildman–Crippen LogP) is 4.39. The van der Waals surface area contributed by atoms with Crippen molar-refractivity contribution < 1.29 is 19.1 Å². The minimum atomic E-state index is -1.00. The number of ether oxygens (including phenoxy) is 2. The maximum atomic E-state index is 12.6. The second-order valence-corrected chi connectivity index (χ2v) is 6.92. The third-order valence-corrected chi connectivity index (χ3v) is 4.89.